The number of ether oxygens (including phenoxy) is 2. The van der Waals surface area contributed by atoms with Crippen LogP contribution in [0.3, 0.4) is 0 Å². The molecular formula is C24H36O4. The maximum atomic E-state index is 12.8. The number of esters is 2. The molecule has 4 unspecified atom stereocenters. The molecule has 1 aliphatic rings. The first-order chi connectivity index (χ1) is 13.6. The third-order valence-corrected chi connectivity index (χ3v) is 5.94. The lowest BCUT2D eigenvalue weighted by atomic mass is 9.79. The number of hydrogen-bond acceptors (Lipinski definition) is 4. The van der Waals surface area contributed by atoms with Crippen LogP contribution >= 0.6 is 0 Å². The van der Waals surface area contributed by atoms with Crippen molar-refractivity contribution in [1.82, 2.24) is 0 Å². The molecular weight excluding hydrogens is 352 g/mol. The van der Waals surface area contributed by atoms with Gasteiger partial charge in [0.25, 0.3) is 0 Å². The molecule has 4 heteroatoms. The smallest absolute Gasteiger partial charge is 0.310 e. The molecule has 0 saturated heterocycles. The Balaban J connectivity index is 1.92. The lowest BCUT2D eigenvalue weighted by Gasteiger charge is -2.29. The molecule has 28 heavy (non-hydrogen) atoms. The highest BCUT2D eigenvalue weighted by Gasteiger charge is 2.38. The van der Waals surface area contributed by atoms with Gasteiger partial charge >= 0.3 is 11.9 Å². The molecule has 1 fully saturated rings. The molecule has 0 aliphatic heterocycles. The maximum absolute atomic E-state index is 12.8. The fourth-order valence-corrected chi connectivity index (χ4v) is 3.95. The zero-order valence-electron chi connectivity index (χ0n) is 17.7. The molecule has 0 bridgehead atoms. The summed E-state index contributed by atoms with van der Waals surface area (Å²) in [4.78, 5) is 25.5. The molecule has 0 amide bonds. The summed E-state index contributed by atoms with van der Waals surface area (Å²) >= 11 is 0. The average molecular weight is 389 g/mol. The number of carbonyl (C=O) groups excluding carboxylic acids is 2. The Morgan fingerprint density at radius 3 is 2.29 bits per heavy atom. The van der Waals surface area contributed by atoms with Crippen LogP contribution in [-0.2, 0) is 19.1 Å². The second-order valence-corrected chi connectivity index (χ2v) is 8.03. The van der Waals surface area contributed by atoms with Crippen molar-refractivity contribution in [2.24, 2.45) is 17.8 Å². The minimum atomic E-state index is -0.386. The number of unbranched alkanes of at least 4 members (excludes halogenated alkanes) is 1. The van der Waals surface area contributed by atoms with Crippen molar-refractivity contribution in [1.29, 1.82) is 0 Å². The van der Waals surface area contributed by atoms with Crippen LogP contribution in [0.25, 0.3) is 0 Å². The minimum Gasteiger partial charge on any atom is -0.465 e. The van der Waals surface area contributed by atoms with Gasteiger partial charge in [0.1, 0.15) is 6.10 Å². The van der Waals surface area contributed by atoms with Crippen LogP contribution in [-0.4, -0.2) is 18.5 Å². The van der Waals surface area contributed by atoms with E-state index in [1.54, 1.807) is 0 Å². The first kappa shape index (κ1) is 22.4. The lowest BCUT2D eigenvalue weighted by Crippen LogP contribution is -2.36. The lowest BCUT2D eigenvalue weighted by molar-refractivity contribution is -0.166. The highest BCUT2D eigenvalue weighted by Crippen LogP contribution is 2.33. The standard InChI is InChI=1S/C24H36O4/c1-4-6-12-19(5-2)17-27-23(25)21-15-10-11-16-22(21)24(26)28-18(3)20-13-8-7-9-14-20/h7-9,13-14,18-19,21-22H,4-6,10-12,15-17H2,1-3H3. The third kappa shape index (κ3) is 6.65. The SMILES string of the molecule is CCCCC(CC)COC(=O)C1CCCCC1C(=O)OC(C)c1ccccc1. The van der Waals surface area contributed by atoms with Crippen molar-refractivity contribution in [3.63, 3.8) is 0 Å². The fraction of sp³-hybridized carbons (Fsp3) is 0.667. The number of benzene rings is 1. The number of rotatable bonds is 10. The van der Waals surface area contributed by atoms with Crippen LogP contribution in [0.4, 0.5) is 0 Å². The summed E-state index contributed by atoms with van der Waals surface area (Å²) in [7, 11) is 0. The molecule has 0 aromatic heterocycles. The molecule has 0 radical (unpaired) electrons. The summed E-state index contributed by atoms with van der Waals surface area (Å²) in [5, 5.41) is 0. The van der Waals surface area contributed by atoms with E-state index >= 15 is 0 Å². The summed E-state index contributed by atoms with van der Waals surface area (Å²) in [6.07, 6.45) is 7.43. The Bertz CT molecular complexity index is 598. The van der Waals surface area contributed by atoms with E-state index < -0.39 is 0 Å². The Labute approximate surface area is 170 Å². The predicted octanol–water partition coefficient (Wildman–Crippen LogP) is 5.86. The van der Waals surface area contributed by atoms with Gasteiger partial charge in [-0.25, -0.2) is 0 Å². The molecule has 4 nitrogen and oxygen atoms in total. The minimum absolute atomic E-state index is 0.219. The van der Waals surface area contributed by atoms with E-state index in [1.165, 1.54) is 0 Å². The van der Waals surface area contributed by atoms with Crippen molar-refractivity contribution in [3.8, 4) is 0 Å². The Hall–Kier alpha value is -1.84. The molecule has 156 valence electrons. The predicted molar refractivity (Wildman–Crippen MR) is 111 cm³/mol. The van der Waals surface area contributed by atoms with Crippen molar-refractivity contribution in [2.75, 3.05) is 6.61 Å². The summed E-state index contributed by atoms with van der Waals surface area (Å²) < 4.78 is 11.4. The second-order valence-electron chi connectivity index (χ2n) is 8.03. The fourth-order valence-electron chi connectivity index (χ4n) is 3.95. The Kier molecular flexibility index (Phi) is 9.52. The van der Waals surface area contributed by atoms with Gasteiger partial charge in [0.05, 0.1) is 18.4 Å². The van der Waals surface area contributed by atoms with Gasteiger partial charge in [0.2, 0.25) is 0 Å². The van der Waals surface area contributed by atoms with E-state index in [9.17, 15) is 9.59 Å². The van der Waals surface area contributed by atoms with Crippen LogP contribution in [0.2, 0.25) is 0 Å². The molecule has 0 N–H and O–H groups in total. The maximum Gasteiger partial charge on any atom is 0.310 e. The molecule has 2 rings (SSSR count). The Morgan fingerprint density at radius 1 is 1.04 bits per heavy atom. The zero-order valence-corrected chi connectivity index (χ0v) is 17.7. The summed E-state index contributed by atoms with van der Waals surface area (Å²) in [6, 6.07) is 9.71. The van der Waals surface area contributed by atoms with Crippen LogP contribution < -0.4 is 0 Å². The second kappa shape index (κ2) is 11.9. The first-order valence-corrected chi connectivity index (χ1v) is 11.0. The molecule has 0 heterocycles. The van der Waals surface area contributed by atoms with Gasteiger partial charge in [0, 0.05) is 0 Å². The van der Waals surface area contributed by atoms with Gasteiger partial charge in [-0.1, -0.05) is 76.3 Å². The van der Waals surface area contributed by atoms with Crippen molar-refractivity contribution in [2.45, 2.75) is 78.2 Å². The van der Waals surface area contributed by atoms with Crippen LogP contribution in [0.5, 0.6) is 0 Å². The monoisotopic (exact) mass is 388 g/mol. The van der Waals surface area contributed by atoms with E-state index in [-0.39, 0.29) is 29.9 Å². The molecule has 1 aliphatic carbocycles. The van der Waals surface area contributed by atoms with Crippen LogP contribution in [0, 0.1) is 17.8 Å². The number of carbonyl (C=O) groups is 2. The number of hydrogen-bond donors (Lipinski definition) is 0. The van der Waals surface area contributed by atoms with Crippen LogP contribution in [0.15, 0.2) is 30.3 Å². The van der Waals surface area contributed by atoms with Gasteiger partial charge < -0.3 is 9.47 Å². The van der Waals surface area contributed by atoms with Gasteiger partial charge in [-0.2, -0.15) is 0 Å². The zero-order chi connectivity index (χ0) is 20.4. The largest absolute Gasteiger partial charge is 0.465 e. The van der Waals surface area contributed by atoms with E-state index in [2.05, 4.69) is 13.8 Å². The van der Waals surface area contributed by atoms with Gasteiger partial charge in [-0.05, 0) is 37.7 Å². The normalized spacial score (nSPS) is 21.5. The van der Waals surface area contributed by atoms with Crippen molar-refractivity contribution < 1.29 is 19.1 Å². The summed E-state index contributed by atoms with van der Waals surface area (Å²) in [6.45, 7) is 6.66. The average Bonchev–Trinajstić information content (AvgIpc) is 2.74. The molecule has 1 aromatic rings. The van der Waals surface area contributed by atoms with E-state index in [1.807, 2.05) is 37.3 Å². The van der Waals surface area contributed by atoms with E-state index in [4.69, 9.17) is 9.47 Å². The highest BCUT2D eigenvalue weighted by atomic mass is 16.5. The first-order valence-electron chi connectivity index (χ1n) is 11.0. The van der Waals surface area contributed by atoms with E-state index in [0.717, 1.165) is 44.1 Å². The molecule has 1 aromatic carbocycles. The van der Waals surface area contributed by atoms with Crippen molar-refractivity contribution >= 4 is 11.9 Å². The summed E-state index contributed by atoms with van der Waals surface area (Å²) in [5.41, 5.74) is 0.965. The third-order valence-electron chi connectivity index (χ3n) is 5.94. The molecule has 0 spiro atoms. The van der Waals surface area contributed by atoms with Crippen LogP contribution in [0.1, 0.15) is 83.8 Å². The Morgan fingerprint density at radius 2 is 1.68 bits per heavy atom. The van der Waals surface area contributed by atoms with Crippen molar-refractivity contribution in [3.05, 3.63) is 35.9 Å². The van der Waals surface area contributed by atoms with E-state index in [0.29, 0.717) is 25.4 Å². The topological polar surface area (TPSA) is 52.6 Å². The van der Waals surface area contributed by atoms with Gasteiger partial charge in [-0.3, -0.25) is 9.59 Å². The van der Waals surface area contributed by atoms with Gasteiger partial charge in [-0.15, -0.1) is 0 Å². The quantitative estimate of drug-likeness (QED) is 0.471. The highest BCUT2D eigenvalue weighted by molar-refractivity contribution is 5.82. The molecule has 4 atom stereocenters. The molecule has 1 saturated carbocycles. The van der Waals surface area contributed by atoms with Gasteiger partial charge in [0.15, 0.2) is 0 Å². The summed E-state index contributed by atoms with van der Waals surface area (Å²) in [5.74, 6) is -0.827.